The van der Waals surface area contributed by atoms with Crippen molar-refractivity contribution in [1.82, 2.24) is 9.55 Å². The van der Waals surface area contributed by atoms with Gasteiger partial charge in [-0.2, -0.15) is 0 Å². The van der Waals surface area contributed by atoms with Crippen LogP contribution in [0.2, 0.25) is 0 Å². The van der Waals surface area contributed by atoms with Crippen LogP contribution in [-0.2, 0) is 4.74 Å². The zero-order chi connectivity index (χ0) is 10.8. The molecule has 0 aliphatic heterocycles. The lowest BCUT2D eigenvalue weighted by atomic mass is 10.3. The maximum absolute atomic E-state index is 12.0. The Labute approximate surface area is 91.1 Å². The molecule has 0 saturated heterocycles. The first kappa shape index (κ1) is 10.3. The molecule has 2 aromatic heterocycles. The summed E-state index contributed by atoms with van der Waals surface area (Å²) in [6.07, 6.45) is 1.58. The van der Waals surface area contributed by atoms with Gasteiger partial charge < -0.3 is 4.74 Å². The Morgan fingerprint density at radius 1 is 1.67 bits per heavy atom. The van der Waals surface area contributed by atoms with E-state index in [2.05, 4.69) is 4.98 Å². The average molecular weight is 224 g/mol. The van der Waals surface area contributed by atoms with Crippen molar-refractivity contribution in [1.29, 1.82) is 0 Å². The molecule has 0 saturated carbocycles. The summed E-state index contributed by atoms with van der Waals surface area (Å²) in [6, 6.07) is 1.87. The zero-order valence-corrected chi connectivity index (χ0v) is 9.45. The third-order valence-corrected chi connectivity index (χ3v) is 3.17. The second-order valence-electron chi connectivity index (χ2n) is 3.40. The van der Waals surface area contributed by atoms with E-state index in [1.54, 1.807) is 18.0 Å². The predicted octanol–water partition coefficient (Wildman–Crippen LogP) is 1.67. The molecule has 80 valence electrons. The second kappa shape index (κ2) is 4.12. The molecule has 15 heavy (non-hydrogen) atoms. The fourth-order valence-corrected chi connectivity index (χ4v) is 2.27. The molecule has 0 fully saturated rings. The highest BCUT2D eigenvalue weighted by Gasteiger charge is 2.10. The van der Waals surface area contributed by atoms with Crippen LogP contribution in [0.15, 0.2) is 22.6 Å². The molecule has 4 nitrogen and oxygen atoms in total. The minimum absolute atomic E-state index is 0.0135. The Balaban J connectivity index is 2.52. The molecule has 0 radical (unpaired) electrons. The number of hydrogen-bond donors (Lipinski definition) is 0. The monoisotopic (exact) mass is 224 g/mol. The van der Waals surface area contributed by atoms with E-state index in [9.17, 15) is 4.79 Å². The van der Waals surface area contributed by atoms with Crippen molar-refractivity contribution in [2.24, 2.45) is 0 Å². The summed E-state index contributed by atoms with van der Waals surface area (Å²) >= 11 is 1.43. The van der Waals surface area contributed by atoms with Crippen LogP contribution in [0.5, 0.6) is 0 Å². The Kier molecular flexibility index (Phi) is 2.83. The number of fused-ring (bicyclic) bond motifs is 1. The van der Waals surface area contributed by atoms with Gasteiger partial charge in [-0.3, -0.25) is 9.36 Å². The number of methoxy groups -OCH3 is 1. The van der Waals surface area contributed by atoms with Crippen molar-refractivity contribution in [2.45, 2.75) is 13.0 Å². The molecular formula is C10H12N2O2S. The SMILES string of the molecule is COCC(C)n1cnc2ccsc2c1=O. The lowest BCUT2D eigenvalue weighted by Gasteiger charge is -2.12. The normalized spacial score (nSPS) is 13.2. The molecule has 2 rings (SSSR count). The predicted molar refractivity (Wildman–Crippen MR) is 60.5 cm³/mol. The van der Waals surface area contributed by atoms with Gasteiger partial charge in [-0.25, -0.2) is 4.98 Å². The molecule has 0 N–H and O–H groups in total. The van der Waals surface area contributed by atoms with Gasteiger partial charge in [-0.1, -0.05) is 0 Å². The molecule has 0 aliphatic rings. The van der Waals surface area contributed by atoms with Crippen LogP contribution in [0.4, 0.5) is 0 Å². The van der Waals surface area contributed by atoms with Crippen LogP contribution >= 0.6 is 11.3 Å². The smallest absolute Gasteiger partial charge is 0.271 e. The number of rotatable bonds is 3. The Hall–Kier alpha value is -1.20. The summed E-state index contributed by atoms with van der Waals surface area (Å²) < 4.78 is 7.34. The number of hydrogen-bond acceptors (Lipinski definition) is 4. The van der Waals surface area contributed by atoms with Gasteiger partial charge in [-0.15, -0.1) is 11.3 Å². The van der Waals surface area contributed by atoms with Gasteiger partial charge in [0.1, 0.15) is 4.70 Å². The van der Waals surface area contributed by atoms with Crippen molar-refractivity contribution >= 4 is 21.6 Å². The number of thiophene rings is 1. The molecule has 5 heteroatoms. The molecule has 0 aromatic carbocycles. The van der Waals surface area contributed by atoms with Gasteiger partial charge in [0, 0.05) is 7.11 Å². The minimum Gasteiger partial charge on any atom is -0.383 e. The minimum atomic E-state index is 0.0135. The van der Waals surface area contributed by atoms with E-state index in [1.165, 1.54) is 11.3 Å². The standard InChI is InChI=1S/C10H12N2O2S/c1-7(5-14-2)12-6-11-8-3-4-15-9(8)10(12)13/h3-4,6-7H,5H2,1-2H3. The molecule has 2 aromatic rings. The van der Waals surface area contributed by atoms with Crippen molar-refractivity contribution in [3.8, 4) is 0 Å². The Bertz CT molecular complexity index is 517. The Morgan fingerprint density at radius 3 is 3.20 bits per heavy atom. The highest BCUT2D eigenvalue weighted by atomic mass is 32.1. The van der Waals surface area contributed by atoms with Crippen LogP contribution in [0.3, 0.4) is 0 Å². The van der Waals surface area contributed by atoms with Gasteiger partial charge in [0.15, 0.2) is 0 Å². The van der Waals surface area contributed by atoms with E-state index in [-0.39, 0.29) is 11.6 Å². The van der Waals surface area contributed by atoms with Crippen LogP contribution < -0.4 is 5.56 Å². The Morgan fingerprint density at radius 2 is 2.47 bits per heavy atom. The van der Waals surface area contributed by atoms with E-state index < -0.39 is 0 Å². The lowest BCUT2D eigenvalue weighted by Crippen LogP contribution is -2.25. The number of aromatic nitrogens is 2. The molecule has 0 aliphatic carbocycles. The van der Waals surface area contributed by atoms with Gasteiger partial charge in [0.05, 0.1) is 24.5 Å². The average Bonchev–Trinajstić information content (AvgIpc) is 2.67. The van der Waals surface area contributed by atoms with Crippen LogP contribution in [0.25, 0.3) is 10.2 Å². The summed E-state index contributed by atoms with van der Waals surface area (Å²) in [6.45, 7) is 2.45. The van der Waals surface area contributed by atoms with Crippen LogP contribution in [-0.4, -0.2) is 23.3 Å². The fourth-order valence-electron chi connectivity index (χ4n) is 1.49. The van der Waals surface area contributed by atoms with Gasteiger partial charge in [-0.05, 0) is 18.4 Å². The number of nitrogens with zero attached hydrogens (tertiary/aromatic N) is 2. The van der Waals surface area contributed by atoms with Crippen molar-refractivity contribution < 1.29 is 4.74 Å². The topological polar surface area (TPSA) is 44.1 Å². The summed E-state index contributed by atoms with van der Waals surface area (Å²) in [7, 11) is 1.62. The summed E-state index contributed by atoms with van der Waals surface area (Å²) in [5.74, 6) is 0. The first-order valence-corrected chi connectivity index (χ1v) is 5.55. The molecule has 1 unspecified atom stereocenters. The lowest BCUT2D eigenvalue weighted by molar-refractivity contribution is 0.160. The van der Waals surface area contributed by atoms with Gasteiger partial charge in [0.2, 0.25) is 0 Å². The van der Waals surface area contributed by atoms with E-state index >= 15 is 0 Å². The first-order chi connectivity index (χ1) is 7.24. The zero-order valence-electron chi connectivity index (χ0n) is 8.64. The van der Waals surface area contributed by atoms with E-state index in [1.807, 2.05) is 18.4 Å². The first-order valence-electron chi connectivity index (χ1n) is 4.67. The largest absolute Gasteiger partial charge is 0.383 e. The summed E-state index contributed by atoms with van der Waals surface area (Å²) in [4.78, 5) is 16.2. The molecular weight excluding hydrogens is 212 g/mol. The highest BCUT2D eigenvalue weighted by molar-refractivity contribution is 7.17. The van der Waals surface area contributed by atoms with Crippen molar-refractivity contribution in [3.05, 3.63) is 28.1 Å². The molecule has 2 heterocycles. The maximum atomic E-state index is 12.0. The summed E-state index contributed by atoms with van der Waals surface area (Å²) in [5.41, 5.74) is 0.783. The van der Waals surface area contributed by atoms with Crippen molar-refractivity contribution in [3.63, 3.8) is 0 Å². The van der Waals surface area contributed by atoms with E-state index in [0.29, 0.717) is 11.3 Å². The third-order valence-electron chi connectivity index (χ3n) is 2.28. The van der Waals surface area contributed by atoms with Crippen LogP contribution in [0, 0.1) is 0 Å². The summed E-state index contributed by atoms with van der Waals surface area (Å²) in [5, 5.41) is 1.88. The highest BCUT2D eigenvalue weighted by Crippen LogP contribution is 2.14. The molecule has 0 amide bonds. The van der Waals surface area contributed by atoms with Gasteiger partial charge >= 0.3 is 0 Å². The second-order valence-corrected chi connectivity index (χ2v) is 4.31. The van der Waals surface area contributed by atoms with Crippen molar-refractivity contribution in [2.75, 3.05) is 13.7 Å². The van der Waals surface area contributed by atoms with E-state index in [0.717, 1.165) is 5.52 Å². The number of ether oxygens (including phenoxy) is 1. The quantitative estimate of drug-likeness (QED) is 0.796. The van der Waals surface area contributed by atoms with Gasteiger partial charge in [0.25, 0.3) is 5.56 Å². The molecule has 0 bridgehead atoms. The maximum Gasteiger partial charge on any atom is 0.271 e. The molecule has 1 atom stereocenters. The fraction of sp³-hybridized carbons (Fsp3) is 0.400. The van der Waals surface area contributed by atoms with Crippen LogP contribution in [0.1, 0.15) is 13.0 Å². The molecule has 0 spiro atoms. The van der Waals surface area contributed by atoms with E-state index in [4.69, 9.17) is 4.74 Å². The third kappa shape index (κ3) is 1.80.